The molecule has 0 aliphatic heterocycles. The lowest BCUT2D eigenvalue weighted by molar-refractivity contribution is 0.325. The number of rotatable bonds is 6. The van der Waals surface area contributed by atoms with Gasteiger partial charge in [0.1, 0.15) is 5.69 Å². The van der Waals surface area contributed by atoms with Crippen molar-refractivity contribution in [1.82, 2.24) is 30.2 Å². The molecule has 3 rings (SSSR count). The van der Waals surface area contributed by atoms with Crippen LogP contribution < -0.4 is 5.32 Å². The Hall–Kier alpha value is -2.54. The summed E-state index contributed by atoms with van der Waals surface area (Å²) in [6, 6.07) is 7.96. The molecule has 0 spiro atoms. The van der Waals surface area contributed by atoms with Crippen molar-refractivity contribution in [3.8, 4) is 11.5 Å². The highest BCUT2D eigenvalue weighted by Crippen LogP contribution is 2.13. The number of hydrogen-bond acceptors (Lipinski definition) is 6. The quantitative estimate of drug-likeness (QED) is 0.750. The summed E-state index contributed by atoms with van der Waals surface area (Å²) in [7, 11) is 0. The SMILES string of the molecule is C[C@@H](NCc1nc(-c2ccccn2)no1)[C@H](C)n1cccn1. The van der Waals surface area contributed by atoms with Crippen molar-refractivity contribution in [2.45, 2.75) is 32.5 Å². The predicted octanol–water partition coefficient (Wildman–Crippen LogP) is 2.07. The predicted molar refractivity (Wildman–Crippen MR) is 80.8 cm³/mol. The number of hydrogen-bond donors (Lipinski definition) is 1. The molecule has 0 radical (unpaired) electrons. The van der Waals surface area contributed by atoms with Crippen LogP contribution in [0.1, 0.15) is 25.8 Å². The van der Waals surface area contributed by atoms with E-state index in [1.165, 1.54) is 0 Å². The number of aromatic nitrogens is 5. The average molecular weight is 298 g/mol. The summed E-state index contributed by atoms with van der Waals surface area (Å²) < 4.78 is 7.18. The summed E-state index contributed by atoms with van der Waals surface area (Å²) in [6.07, 6.45) is 5.44. The standard InChI is InChI=1S/C15H18N6O/c1-11(12(2)21-9-5-8-18-21)17-10-14-19-15(20-22-14)13-6-3-4-7-16-13/h3-9,11-12,17H,10H2,1-2H3/t11-,12+/m1/s1. The molecule has 3 aromatic heterocycles. The summed E-state index contributed by atoms with van der Waals surface area (Å²) in [5.74, 6) is 1.05. The summed E-state index contributed by atoms with van der Waals surface area (Å²) >= 11 is 0. The Morgan fingerprint density at radius 3 is 2.86 bits per heavy atom. The first-order chi connectivity index (χ1) is 10.7. The zero-order valence-electron chi connectivity index (χ0n) is 12.5. The van der Waals surface area contributed by atoms with Gasteiger partial charge in [-0.25, -0.2) is 0 Å². The first-order valence-corrected chi connectivity index (χ1v) is 7.20. The van der Waals surface area contributed by atoms with Gasteiger partial charge in [-0.1, -0.05) is 11.2 Å². The monoisotopic (exact) mass is 298 g/mol. The van der Waals surface area contributed by atoms with Gasteiger partial charge in [0.15, 0.2) is 0 Å². The highest BCUT2D eigenvalue weighted by atomic mass is 16.5. The second-order valence-corrected chi connectivity index (χ2v) is 5.12. The van der Waals surface area contributed by atoms with Crippen LogP contribution in [0.2, 0.25) is 0 Å². The minimum atomic E-state index is 0.213. The van der Waals surface area contributed by atoms with Crippen molar-refractivity contribution in [3.05, 3.63) is 48.7 Å². The fraction of sp³-hybridized carbons (Fsp3) is 0.333. The number of pyridine rings is 1. The fourth-order valence-electron chi connectivity index (χ4n) is 2.10. The Morgan fingerprint density at radius 2 is 2.14 bits per heavy atom. The highest BCUT2D eigenvalue weighted by Gasteiger charge is 2.15. The van der Waals surface area contributed by atoms with Crippen molar-refractivity contribution < 1.29 is 4.52 Å². The number of nitrogens with zero attached hydrogens (tertiary/aromatic N) is 5. The van der Waals surface area contributed by atoms with E-state index >= 15 is 0 Å². The molecule has 0 fully saturated rings. The van der Waals surface area contributed by atoms with Gasteiger partial charge in [0.2, 0.25) is 11.7 Å². The molecule has 1 N–H and O–H groups in total. The molecule has 114 valence electrons. The van der Waals surface area contributed by atoms with E-state index in [0.29, 0.717) is 24.0 Å². The molecule has 0 aromatic carbocycles. The maximum atomic E-state index is 5.25. The average Bonchev–Trinajstić information content (AvgIpc) is 3.24. The van der Waals surface area contributed by atoms with Crippen LogP contribution in [0.25, 0.3) is 11.5 Å². The van der Waals surface area contributed by atoms with Crippen LogP contribution in [0.3, 0.4) is 0 Å². The summed E-state index contributed by atoms with van der Waals surface area (Å²) in [5.41, 5.74) is 0.704. The minimum absolute atomic E-state index is 0.213. The third-order valence-electron chi connectivity index (χ3n) is 3.60. The van der Waals surface area contributed by atoms with Gasteiger partial charge in [-0.2, -0.15) is 10.1 Å². The Labute approximate surface area is 128 Å². The van der Waals surface area contributed by atoms with Crippen LogP contribution in [-0.2, 0) is 6.54 Å². The molecule has 2 atom stereocenters. The molecular formula is C15H18N6O. The fourth-order valence-corrected chi connectivity index (χ4v) is 2.10. The normalized spacial score (nSPS) is 13.9. The molecule has 0 aliphatic carbocycles. The molecule has 0 aliphatic rings. The maximum Gasteiger partial charge on any atom is 0.240 e. The molecule has 0 saturated heterocycles. The van der Waals surface area contributed by atoms with Gasteiger partial charge < -0.3 is 9.84 Å². The van der Waals surface area contributed by atoms with E-state index in [2.05, 4.69) is 39.4 Å². The molecule has 7 heteroatoms. The van der Waals surface area contributed by atoms with Gasteiger partial charge in [0.05, 0.1) is 12.6 Å². The van der Waals surface area contributed by atoms with Crippen molar-refractivity contribution in [1.29, 1.82) is 0 Å². The molecule has 0 bridgehead atoms. The van der Waals surface area contributed by atoms with Gasteiger partial charge in [0, 0.05) is 24.6 Å². The maximum absolute atomic E-state index is 5.25. The van der Waals surface area contributed by atoms with Crippen LogP contribution in [0.4, 0.5) is 0 Å². The molecule has 7 nitrogen and oxygen atoms in total. The number of nitrogens with one attached hydrogen (secondary N) is 1. The van der Waals surface area contributed by atoms with Gasteiger partial charge >= 0.3 is 0 Å². The zero-order valence-corrected chi connectivity index (χ0v) is 12.5. The largest absolute Gasteiger partial charge is 0.337 e. The van der Waals surface area contributed by atoms with E-state index in [9.17, 15) is 0 Å². The molecule has 0 amide bonds. The molecule has 3 aromatic rings. The van der Waals surface area contributed by atoms with Gasteiger partial charge in [0.25, 0.3) is 0 Å². The molecule has 22 heavy (non-hydrogen) atoms. The van der Waals surface area contributed by atoms with E-state index in [-0.39, 0.29) is 12.1 Å². The van der Waals surface area contributed by atoms with Crippen LogP contribution in [0.5, 0.6) is 0 Å². The third-order valence-corrected chi connectivity index (χ3v) is 3.60. The Balaban J connectivity index is 1.59. The summed E-state index contributed by atoms with van der Waals surface area (Å²) in [4.78, 5) is 8.55. The van der Waals surface area contributed by atoms with Gasteiger partial charge in [-0.15, -0.1) is 0 Å². The molecule has 3 heterocycles. The van der Waals surface area contributed by atoms with Crippen LogP contribution in [0.15, 0.2) is 47.4 Å². The second kappa shape index (κ2) is 6.48. The van der Waals surface area contributed by atoms with Crippen molar-refractivity contribution >= 4 is 0 Å². The summed E-state index contributed by atoms with van der Waals surface area (Å²) in [6.45, 7) is 4.72. The van der Waals surface area contributed by atoms with Crippen molar-refractivity contribution in [2.75, 3.05) is 0 Å². The molecular weight excluding hydrogens is 280 g/mol. The lowest BCUT2D eigenvalue weighted by Gasteiger charge is -2.20. The summed E-state index contributed by atoms with van der Waals surface area (Å²) in [5, 5.41) is 11.6. The van der Waals surface area contributed by atoms with Crippen molar-refractivity contribution in [2.24, 2.45) is 0 Å². The Bertz CT molecular complexity index is 694. The molecule has 0 saturated carbocycles. The zero-order chi connectivity index (χ0) is 15.4. The topological polar surface area (TPSA) is 81.7 Å². The van der Waals surface area contributed by atoms with Gasteiger partial charge in [-0.3, -0.25) is 9.67 Å². The smallest absolute Gasteiger partial charge is 0.240 e. The first-order valence-electron chi connectivity index (χ1n) is 7.20. The van der Waals surface area contributed by atoms with Gasteiger partial charge in [-0.05, 0) is 32.0 Å². The Kier molecular flexibility index (Phi) is 4.24. The van der Waals surface area contributed by atoms with Crippen molar-refractivity contribution in [3.63, 3.8) is 0 Å². The lowest BCUT2D eigenvalue weighted by atomic mass is 10.2. The van der Waals surface area contributed by atoms with E-state index in [1.54, 1.807) is 12.4 Å². The van der Waals surface area contributed by atoms with E-state index in [0.717, 1.165) is 0 Å². The van der Waals surface area contributed by atoms with Crippen LogP contribution >= 0.6 is 0 Å². The third kappa shape index (κ3) is 3.20. The lowest BCUT2D eigenvalue weighted by Crippen LogP contribution is -2.33. The Morgan fingerprint density at radius 1 is 1.23 bits per heavy atom. The minimum Gasteiger partial charge on any atom is -0.337 e. The highest BCUT2D eigenvalue weighted by molar-refractivity contribution is 5.46. The van der Waals surface area contributed by atoms with E-state index in [1.807, 2.05) is 35.1 Å². The van der Waals surface area contributed by atoms with Crippen LogP contribution in [-0.4, -0.2) is 30.9 Å². The second-order valence-electron chi connectivity index (χ2n) is 5.12. The van der Waals surface area contributed by atoms with E-state index < -0.39 is 0 Å². The first kappa shape index (κ1) is 14.4. The van der Waals surface area contributed by atoms with E-state index in [4.69, 9.17) is 4.52 Å². The molecule has 0 unspecified atom stereocenters. The van der Waals surface area contributed by atoms with Crippen LogP contribution in [0, 0.1) is 0 Å².